The third kappa shape index (κ3) is 3.98. The number of piperidine rings is 1. The molecule has 0 N–H and O–H groups in total. The molecular weight excluding hydrogens is 364 g/mol. The van der Waals surface area contributed by atoms with Gasteiger partial charge in [-0.25, -0.2) is 4.98 Å². The van der Waals surface area contributed by atoms with Gasteiger partial charge in [0.25, 0.3) is 0 Å². The van der Waals surface area contributed by atoms with Crippen molar-refractivity contribution < 1.29 is 19.1 Å². The number of carbonyl (C=O) groups excluding carboxylic acids is 2. The zero-order valence-corrected chi connectivity index (χ0v) is 16.1. The highest BCUT2D eigenvalue weighted by molar-refractivity contribution is 7.09. The highest BCUT2D eigenvalue weighted by atomic mass is 32.1. The van der Waals surface area contributed by atoms with E-state index < -0.39 is 0 Å². The van der Waals surface area contributed by atoms with Crippen LogP contribution in [0, 0.1) is 12.8 Å². The molecule has 142 valence electrons. The molecule has 2 aromatic rings. The zero-order valence-electron chi connectivity index (χ0n) is 15.3. The lowest BCUT2D eigenvalue weighted by Gasteiger charge is -2.31. The second kappa shape index (κ2) is 7.68. The lowest BCUT2D eigenvalue weighted by atomic mass is 9.88. The van der Waals surface area contributed by atoms with Crippen molar-refractivity contribution in [1.29, 1.82) is 0 Å². The highest BCUT2D eigenvalue weighted by Gasteiger charge is 2.29. The maximum Gasteiger partial charge on any atom is 0.228 e. The number of benzene rings is 1. The molecule has 3 heterocycles. The molecule has 2 aliphatic heterocycles. The molecule has 0 unspecified atom stereocenters. The van der Waals surface area contributed by atoms with E-state index in [9.17, 15) is 9.59 Å². The van der Waals surface area contributed by atoms with Gasteiger partial charge < -0.3 is 14.4 Å². The summed E-state index contributed by atoms with van der Waals surface area (Å²) in [6, 6.07) is 5.38. The van der Waals surface area contributed by atoms with Crippen LogP contribution in [-0.2, 0) is 11.2 Å². The van der Waals surface area contributed by atoms with Gasteiger partial charge in [-0.1, -0.05) is 0 Å². The number of Topliss-reactive ketones (excluding diaryl/α,β-unsaturated/α-hetero) is 1. The average Bonchev–Trinajstić information content (AvgIpc) is 3.11. The number of hydrogen-bond acceptors (Lipinski definition) is 6. The number of ketones is 1. The van der Waals surface area contributed by atoms with Crippen molar-refractivity contribution in [2.75, 3.05) is 26.3 Å². The van der Waals surface area contributed by atoms with Crippen molar-refractivity contribution in [3.63, 3.8) is 0 Å². The van der Waals surface area contributed by atoms with Crippen molar-refractivity contribution >= 4 is 23.0 Å². The van der Waals surface area contributed by atoms with Gasteiger partial charge >= 0.3 is 0 Å². The minimum atomic E-state index is -0.0573. The van der Waals surface area contributed by atoms with Crippen LogP contribution in [0.5, 0.6) is 11.5 Å². The predicted octanol–water partition coefficient (Wildman–Crippen LogP) is 2.89. The second-order valence-electron chi connectivity index (χ2n) is 6.91. The van der Waals surface area contributed by atoms with Gasteiger partial charge in [-0.3, -0.25) is 9.59 Å². The van der Waals surface area contributed by atoms with Crippen LogP contribution in [-0.4, -0.2) is 47.9 Å². The molecule has 27 heavy (non-hydrogen) atoms. The summed E-state index contributed by atoms with van der Waals surface area (Å²) in [4.78, 5) is 31.5. The Labute approximate surface area is 162 Å². The molecule has 0 bridgehead atoms. The lowest BCUT2D eigenvalue weighted by molar-refractivity contribution is -0.131. The van der Waals surface area contributed by atoms with E-state index in [0.717, 1.165) is 10.7 Å². The summed E-state index contributed by atoms with van der Waals surface area (Å²) in [6.45, 7) is 4.20. The molecule has 0 saturated carbocycles. The molecule has 0 aliphatic carbocycles. The van der Waals surface area contributed by atoms with E-state index in [1.165, 1.54) is 0 Å². The van der Waals surface area contributed by atoms with Crippen molar-refractivity contribution in [3.8, 4) is 11.5 Å². The standard InChI is InChI=1S/C20H22N2O4S/c1-13-21-16(12-27-13)11-19(23)22-6-4-14(5-7-22)20(24)15-2-3-17-18(10-15)26-9-8-25-17/h2-3,10,12,14H,4-9,11H2,1H3. The number of rotatable bonds is 4. The van der Waals surface area contributed by atoms with Crippen LogP contribution in [0.15, 0.2) is 23.6 Å². The number of ether oxygens (including phenoxy) is 2. The van der Waals surface area contributed by atoms with Crippen LogP contribution >= 0.6 is 11.3 Å². The third-order valence-electron chi connectivity index (χ3n) is 5.04. The van der Waals surface area contributed by atoms with Crippen LogP contribution in [0.3, 0.4) is 0 Å². The molecule has 0 radical (unpaired) electrons. The van der Waals surface area contributed by atoms with Gasteiger partial charge in [0.15, 0.2) is 17.3 Å². The van der Waals surface area contributed by atoms with Gasteiger partial charge in [0.05, 0.1) is 17.1 Å². The van der Waals surface area contributed by atoms with E-state index in [0.29, 0.717) is 62.6 Å². The van der Waals surface area contributed by atoms with Gasteiger partial charge in [-0.05, 0) is 38.0 Å². The Hall–Kier alpha value is -2.41. The number of carbonyl (C=O) groups is 2. The number of nitrogens with zero attached hydrogens (tertiary/aromatic N) is 2. The van der Waals surface area contributed by atoms with E-state index in [4.69, 9.17) is 9.47 Å². The molecular formula is C20H22N2O4S. The number of likely N-dealkylation sites (tertiary alicyclic amines) is 1. The fourth-order valence-corrected chi connectivity index (χ4v) is 4.19. The molecule has 1 amide bonds. The summed E-state index contributed by atoms with van der Waals surface area (Å²) < 4.78 is 11.1. The highest BCUT2D eigenvalue weighted by Crippen LogP contribution is 2.32. The molecule has 0 spiro atoms. The Bertz CT molecular complexity index is 855. The van der Waals surface area contributed by atoms with Gasteiger partial charge in [0.1, 0.15) is 13.2 Å². The van der Waals surface area contributed by atoms with Gasteiger partial charge in [-0.2, -0.15) is 0 Å². The third-order valence-corrected chi connectivity index (χ3v) is 5.87. The maximum atomic E-state index is 12.8. The predicted molar refractivity (Wildman–Crippen MR) is 102 cm³/mol. The second-order valence-corrected chi connectivity index (χ2v) is 7.97. The van der Waals surface area contributed by atoms with Crippen LogP contribution in [0.2, 0.25) is 0 Å². The number of aromatic nitrogens is 1. The summed E-state index contributed by atoms with van der Waals surface area (Å²) in [6.07, 6.45) is 1.72. The topological polar surface area (TPSA) is 68.7 Å². The van der Waals surface area contributed by atoms with Crippen LogP contribution < -0.4 is 9.47 Å². The van der Waals surface area contributed by atoms with Crippen LogP contribution in [0.4, 0.5) is 0 Å². The minimum Gasteiger partial charge on any atom is -0.486 e. The van der Waals surface area contributed by atoms with Crippen molar-refractivity contribution in [1.82, 2.24) is 9.88 Å². The number of thiazole rings is 1. The number of amides is 1. The van der Waals surface area contributed by atoms with Gasteiger partial charge in [0, 0.05) is 30.0 Å². The van der Waals surface area contributed by atoms with E-state index in [1.54, 1.807) is 29.5 Å². The maximum absolute atomic E-state index is 12.8. The average molecular weight is 386 g/mol. The molecule has 1 fully saturated rings. The fourth-order valence-electron chi connectivity index (χ4n) is 3.58. The Kier molecular flexibility index (Phi) is 5.11. The molecule has 1 aromatic carbocycles. The van der Waals surface area contributed by atoms with Gasteiger partial charge in [-0.15, -0.1) is 11.3 Å². The molecule has 1 aromatic heterocycles. The Morgan fingerprint density at radius 3 is 2.63 bits per heavy atom. The van der Waals surface area contributed by atoms with Crippen molar-refractivity contribution in [3.05, 3.63) is 39.8 Å². The number of hydrogen-bond donors (Lipinski definition) is 0. The summed E-state index contributed by atoms with van der Waals surface area (Å²) >= 11 is 1.56. The summed E-state index contributed by atoms with van der Waals surface area (Å²) in [7, 11) is 0. The SMILES string of the molecule is Cc1nc(CC(=O)N2CCC(C(=O)c3ccc4c(c3)OCCO4)CC2)cs1. The van der Waals surface area contributed by atoms with Gasteiger partial charge in [0.2, 0.25) is 5.91 Å². The summed E-state index contributed by atoms with van der Waals surface area (Å²) in [5.74, 6) is 1.48. The first-order valence-electron chi connectivity index (χ1n) is 9.23. The smallest absolute Gasteiger partial charge is 0.228 e. The normalized spacial score (nSPS) is 17.0. The zero-order chi connectivity index (χ0) is 18.8. The van der Waals surface area contributed by atoms with Crippen LogP contribution in [0.25, 0.3) is 0 Å². The molecule has 1 saturated heterocycles. The lowest BCUT2D eigenvalue weighted by Crippen LogP contribution is -2.41. The molecule has 7 heteroatoms. The minimum absolute atomic E-state index is 0.0573. The first-order valence-corrected chi connectivity index (χ1v) is 10.1. The Morgan fingerprint density at radius 2 is 1.93 bits per heavy atom. The van der Waals surface area contributed by atoms with E-state index in [2.05, 4.69) is 4.98 Å². The first-order chi connectivity index (χ1) is 13.1. The largest absolute Gasteiger partial charge is 0.486 e. The monoisotopic (exact) mass is 386 g/mol. The molecule has 0 atom stereocenters. The van der Waals surface area contributed by atoms with Crippen molar-refractivity contribution in [2.45, 2.75) is 26.2 Å². The summed E-state index contributed by atoms with van der Waals surface area (Å²) in [5.41, 5.74) is 1.49. The fraction of sp³-hybridized carbons (Fsp3) is 0.450. The van der Waals surface area contributed by atoms with E-state index in [1.807, 2.05) is 17.2 Å². The van der Waals surface area contributed by atoms with Crippen LogP contribution in [0.1, 0.15) is 33.9 Å². The van der Waals surface area contributed by atoms with E-state index in [-0.39, 0.29) is 17.6 Å². The molecule has 2 aliphatic rings. The van der Waals surface area contributed by atoms with Crippen molar-refractivity contribution in [2.24, 2.45) is 5.92 Å². The number of aryl methyl sites for hydroxylation is 1. The Morgan fingerprint density at radius 1 is 1.19 bits per heavy atom. The first kappa shape index (κ1) is 18.0. The molecule has 6 nitrogen and oxygen atoms in total. The molecule has 4 rings (SSSR count). The number of fused-ring (bicyclic) bond motifs is 1. The summed E-state index contributed by atoms with van der Waals surface area (Å²) in [5, 5.41) is 2.91. The quantitative estimate of drug-likeness (QED) is 0.756. The Balaban J connectivity index is 1.34. The van der Waals surface area contributed by atoms with E-state index >= 15 is 0 Å².